The van der Waals surface area contributed by atoms with E-state index >= 15 is 0 Å². The van der Waals surface area contributed by atoms with Crippen LogP contribution < -0.4 is 5.73 Å². The zero-order valence-corrected chi connectivity index (χ0v) is 13.7. The van der Waals surface area contributed by atoms with Crippen LogP contribution in [0.2, 0.25) is 0 Å². The van der Waals surface area contributed by atoms with E-state index in [-0.39, 0.29) is 6.09 Å². The number of carbonyl (C=O) groups is 1. The van der Waals surface area contributed by atoms with Gasteiger partial charge in [0.1, 0.15) is 5.60 Å². The molecule has 1 aromatic rings. The minimum atomic E-state index is -0.959. The summed E-state index contributed by atoms with van der Waals surface area (Å²) >= 11 is 1.57. The molecule has 2 heterocycles. The maximum absolute atomic E-state index is 12.0. The molecule has 2 rings (SSSR count). The van der Waals surface area contributed by atoms with Crippen LogP contribution in [0.3, 0.4) is 0 Å². The van der Waals surface area contributed by atoms with Crippen LogP contribution in [-0.4, -0.2) is 40.4 Å². The average Bonchev–Trinajstić information content (AvgIpc) is 2.90. The first-order chi connectivity index (χ1) is 9.71. The van der Waals surface area contributed by atoms with E-state index in [0.717, 1.165) is 5.56 Å². The maximum atomic E-state index is 12.0. The average molecular weight is 312 g/mol. The molecule has 1 aliphatic rings. The van der Waals surface area contributed by atoms with Crippen LogP contribution in [0.15, 0.2) is 16.8 Å². The van der Waals surface area contributed by atoms with Crippen molar-refractivity contribution in [3.8, 4) is 0 Å². The quantitative estimate of drug-likeness (QED) is 0.880. The highest BCUT2D eigenvalue weighted by atomic mass is 32.1. The molecule has 1 fully saturated rings. The van der Waals surface area contributed by atoms with Gasteiger partial charge in [-0.25, -0.2) is 4.79 Å². The Morgan fingerprint density at radius 3 is 2.57 bits per heavy atom. The first-order valence-electron chi connectivity index (χ1n) is 7.19. The third kappa shape index (κ3) is 3.96. The fourth-order valence-corrected chi connectivity index (χ4v) is 3.17. The number of aliphatic hydroxyl groups is 1. The number of ether oxygens (including phenoxy) is 1. The number of thiophene rings is 1. The van der Waals surface area contributed by atoms with Crippen molar-refractivity contribution in [1.82, 2.24) is 4.90 Å². The van der Waals surface area contributed by atoms with Gasteiger partial charge in [-0.2, -0.15) is 11.3 Å². The normalized spacial score (nSPS) is 20.1. The standard InChI is InChI=1S/C15H24N2O3S/c1-14(2,3)20-13(18)17-7-5-15(19,6-8-17)12(16)11-4-9-21-10-11/h4,9-10,12,19H,5-8,16H2,1-3H3. The molecular formula is C15H24N2O3S. The fraction of sp³-hybridized carbons (Fsp3) is 0.667. The number of rotatable bonds is 2. The van der Waals surface area contributed by atoms with Crippen LogP contribution in [0.25, 0.3) is 0 Å². The molecule has 3 N–H and O–H groups in total. The molecule has 0 aliphatic carbocycles. The summed E-state index contributed by atoms with van der Waals surface area (Å²) in [7, 11) is 0. The smallest absolute Gasteiger partial charge is 0.410 e. The number of nitrogens with two attached hydrogens (primary N) is 1. The van der Waals surface area contributed by atoms with E-state index in [4.69, 9.17) is 10.5 Å². The molecule has 0 bridgehead atoms. The van der Waals surface area contributed by atoms with Gasteiger partial charge in [-0.1, -0.05) is 0 Å². The molecule has 118 valence electrons. The van der Waals surface area contributed by atoms with Gasteiger partial charge in [-0.05, 0) is 56.0 Å². The number of carbonyl (C=O) groups excluding carboxylic acids is 1. The van der Waals surface area contributed by atoms with Crippen molar-refractivity contribution < 1.29 is 14.6 Å². The van der Waals surface area contributed by atoms with Crippen molar-refractivity contribution in [3.05, 3.63) is 22.4 Å². The van der Waals surface area contributed by atoms with Crippen molar-refractivity contribution in [2.75, 3.05) is 13.1 Å². The van der Waals surface area contributed by atoms with Crippen molar-refractivity contribution in [3.63, 3.8) is 0 Å². The molecule has 0 saturated carbocycles. The van der Waals surface area contributed by atoms with Crippen LogP contribution in [0, 0.1) is 0 Å². The van der Waals surface area contributed by atoms with Crippen molar-refractivity contribution in [1.29, 1.82) is 0 Å². The lowest BCUT2D eigenvalue weighted by atomic mass is 9.82. The van der Waals surface area contributed by atoms with Crippen LogP contribution in [-0.2, 0) is 4.74 Å². The van der Waals surface area contributed by atoms with Crippen molar-refractivity contribution in [2.24, 2.45) is 5.73 Å². The summed E-state index contributed by atoms with van der Waals surface area (Å²) in [6.07, 6.45) is 0.598. The summed E-state index contributed by atoms with van der Waals surface area (Å²) < 4.78 is 5.35. The molecule has 1 atom stereocenters. The molecule has 1 unspecified atom stereocenters. The van der Waals surface area contributed by atoms with Gasteiger partial charge in [0.15, 0.2) is 0 Å². The lowest BCUT2D eigenvalue weighted by molar-refractivity contribution is -0.0475. The monoisotopic (exact) mass is 312 g/mol. The Bertz CT molecular complexity index is 474. The third-order valence-electron chi connectivity index (χ3n) is 3.76. The van der Waals surface area contributed by atoms with Gasteiger partial charge in [0, 0.05) is 13.1 Å². The highest BCUT2D eigenvalue weighted by Crippen LogP contribution is 2.34. The summed E-state index contributed by atoms with van der Waals surface area (Å²) in [5, 5.41) is 14.7. The van der Waals surface area contributed by atoms with E-state index in [1.807, 2.05) is 37.6 Å². The van der Waals surface area contributed by atoms with Crippen molar-refractivity contribution in [2.45, 2.75) is 50.9 Å². The second kappa shape index (κ2) is 5.94. The number of hydrogen-bond acceptors (Lipinski definition) is 5. The van der Waals surface area contributed by atoms with Gasteiger partial charge in [0.25, 0.3) is 0 Å². The lowest BCUT2D eigenvalue weighted by Gasteiger charge is -2.41. The van der Waals surface area contributed by atoms with E-state index in [1.165, 1.54) is 0 Å². The molecule has 21 heavy (non-hydrogen) atoms. The maximum Gasteiger partial charge on any atom is 0.410 e. The summed E-state index contributed by atoms with van der Waals surface area (Å²) in [4.78, 5) is 13.7. The molecular weight excluding hydrogens is 288 g/mol. The Hall–Kier alpha value is -1.11. The predicted molar refractivity (Wildman–Crippen MR) is 83.2 cm³/mol. The molecule has 0 radical (unpaired) electrons. The summed E-state index contributed by atoms with van der Waals surface area (Å²) in [6, 6.07) is 1.53. The molecule has 1 saturated heterocycles. The topological polar surface area (TPSA) is 75.8 Å². The number of piperidine rings is 1. The van der Waals surface area contributed by atoms with Crippen LogP contribution in [0.1, 0.15) is 45.2 Å². The van der Waals surface area contributed by atoms with E-state index in [9.17, 15) is 9.90 Å². The van der Waals surface area contributed by atoms with Crippen LogP contribution in [0.5, 0.6) is 0 Å². The van der Waals surface area contributed by atoms with Crippen LogP contribution >= 0.6 is 11.3 Å². The minimum Gasteiger partial charge on any atom is -0.444 e. The van der Waals surface area contributed by atoms with E-state index in [1.54, 1.807) is 16.2 Å². The van der Waals surface area contributed by atoms with E-state index in [0.29, 0.717) is 25.9 Å². The summed E-state index contributed by atoms with van der Waals surface area (Å²) in [5.74, 6) is 0. The predicted octanol–water partition coefficient (Wildman–Crippen LogP) is 2.51. The Balaban J connectivity index is 1.95. The largest absolute Gasteiger partial charge is 0.444 e. The number of amides is 1. The highest BCUT2D eigenvalue weighted by molar-refractivity contribution is 7.07. The Labute approximate surface area is 129 Å². The van der Waals surface area contributed by atoms with Gasteiger partial charge in [0.2, 0.25) is 0 Å². The van der Waals surface area contributed by atoms with Crippen LogP contribution in [0.4, 0.5) is 4.79 Å². The van der Waals surface area contributed by atoms with Gasteiger partial charge in [0.05, 0.1) is 11.6 Å². The third-order valence-corrected chi connectivity index (χ3v) is 4.46. The minimum absolute atomic E-state index is 0.325. The molecule has 1 aliphatic heterocycles. The Kier molecular flexibility index (Phi) is 4.60. The second-order valence-corrected chi connectivity index (χ2v) is 7.39. The molecule has 1 aromatic heterocycles. The Morgan fingerprint density at radius 2 is 2.10 bits per heavy atom. The zero-order valence-electron chi connectivity index (χ0n) is 12.8. The highest BCUT2D eigenvalue weighted by Gasteiger charge is 2.40. The SMILES string of the molecule is CC(C)(C)OC(=O)N1CCC(O)(C(N)c2ccsc2)CC1. The number of hydrogen-bond donors (Lipinski definition) is 2. The van der Waals surface area contributed by atoms with Gasteiger partial charge >= 0.3 is 6.09 Å². The number of nitrogens with zero attached hydrogens (tertiary/aromatic N) is 1. The van der Waals surface area contributed by atoms with E-state index in [2.05, 4.69) is 0 Å². The van der Waals surface area contributed by atoms with Gasteiger partial charge < -0.3 is 20.5 Å². The number of likely N-dealkylation sites (tertiary alicyclic amines) is 1. The second-order valence-electron chi connectivity index (χ2n) is 6.61. The fourth-order valence-electron chi connectivity index (χ4n) is 2.48. The molecule has 5 nitrogen and oxygen atoms in total. The summed E-state index contributed by atoms with van der Waals surface area (Å²) in [6.45, 7) is 6.46. The first-order valence-corrected chi connectivity index (χ1v) is 8.13. The van der Waals surface area contributed by atoms with Gasteiger partial charge in [-0.3, -0.25) is 0 Å². The summed E-state index contributed by atoms with van der Waals surface area (Å²) in [5.41, 5.74) is 5.68. The Morgan fingerprint density at radius 1 is 1.48 bits per heavy atom. The molecule has 0 aromatic carbocycles. The molecule has 0 spiro atoms. The first kappa shape index (κ1) is 16.3. The van der Waals surface area contributed by atoms with E-state index < -0.39 is 17.2 Å². The zero-order chi connectivity index (χ0) is 15.7. The van der Waals surface area contributed by atoms with Gasteiger partial charge in [-0.15, -0.1) is 0 Å². The lowest BCUT2D eigenvalue weighted by Crippen LogP contribution is -2.52. The molecule has 1 amide bonds. The molecule has 6 heteroatoms. The van der Waals surface area contributed by atoms with Crippen molar-refractivity contribution >= 4 is 17.4 Å².